The van der Waals surface area contributed by atoms with E-state index in [1.807, 2.05) is 19.1 Å². The van der Waals surface area contributed by atoms with Gasteiger partial charge in [0.2, 0.25) is 5.66 Å². The van der Waals surface area contributed by atoms with Crippen LogP contribution in [0.15, 0.2) is 36.4 Å². The van der Waals surface area contributed by atoms with E-state index in [0.29, 0.717) is 28.3 Å². The summed E-state index contributed by atoms with van der Waals surface area (Å²) in [5, 5.41) is 8.85. The molecule has 0 fully saturated rings. The molecule has 0 bridgehead atoms. The lowest BCUT2D eigenvalue weighted by atomic mass is 9.94. The van der Waals surface area contributed by atoms with Gasteiger partial charge in [-0.05, 0) is 30.7 Å². The Hall–Kier alpha value is -3.02. The van der Waals surface area contributed by atoms with Crippen LogP contribution in [0.25, 0.3) is 0 Å². The summed E-state index contributed by atoms with van der Waals surface area (Å²) in [6.07, 6.45) is 0. The number of para-hydroxylation sites is 1. The van der Waals surface area contributed by atoms with Crippen molar-refractivity contribution in [3.05, 3.63) is 53.1 Å². The largest absolute Gasteiger partial charge is 0.497 e. The number of rotatable bonds is 1. The van der Waals surface area contributed by atoms with Crippen molar-refractivity contribution in [2.45, 2.75) is 12.6 Å². The molecule has 0 unspecified atom stereocenters. The highest BCUT2D eigenvalue weighted by Crippen LogP contribution is 2.42. The molecule has 2 aromatic rings. The average Bonchev–Trinajstić information content (AvgIpc) is 2.80. The van der Waals surface area contributed by atoms with Gasteiger partial charge in [0, 0.05) is 11.6 Å². The first-order valence-electron chi connectivity index (χ1n) is 7.25. The first kappa shape index (κ1) is 13.6. The van der Waals surface area contributed by atoms with Crippen LogP contribution in [0.1, 0.15) is 21.5 Å². The first-order valence-corrected chi connectivity index (χ1v) is 7.25. The summed E-state index contributed by atoms with van der Waals surface area (Å²) >= 11 is 0. The van der Waals surface area contributed by atoms with Gasteiger partial charge in [-0.15, -0.1) is 0 Å². The van der Waals surface area contributed by atoms with E-state index in [1.165, 1.54) is 0 Å². The Morgan fingerprint density at radius 3 is 2.70 bits per heavy atom. The van der Waals surface area contributed by atoms with E-state index in [2.05, 4.69) is 16.0 Å². The molecule has 6 nitrogen and oxygen atoms in total. The number of ether oxygens (including phenoxy) is 1. The monoisotopic (exact) mass is 309 g/mol. The van der Waals surface area contributed by atoms with Crippen LogP contribution in [0.2, 0.25) is 0 Å². The molecule has 0 aliphatic carbocycles. The number of amides is 2. The van der Waals surface area contributed by atoms with E-state index in [-0.39, 0.29) is 11.8 Å². The Kier molecular flexibility index (Phi) is 2.66. The van der Waals surface area contributed by atoms with Gasteiger partial charge in [0.15, 0.2) is 0 Å². The number of aryl methyl sites for hydroxylation is 1. The van der Waals surface area contributed by atoms with Crippen LogP contribution in [-0.2, 0) is 10.5 Å². The summed E-state index contributed by atoms with van der Waals surface area (Å²) in [6.45, 7) is 1.90. The van der Waals surface area contributed by atoms with E-state index in [9.17, 15) is 9.59 Å². The number of nitrogens with one attached hydrogen (secondary N) is 3. The quantitative estimate of drug-likeness (QED) is 0.752. The molecule has 1 atom stereocenters. The Labute approximate surface area is 132 Å². The van der Waals surface area contributed by atoms with Crippen molar-refractivity contribution in [1.82, 2.24) is 5.32 Å². The highest BCUT2D eigenvalue weighted by molar-refractivity contribution is 6.14. The second kappa shape index (κ2) is 4.49. The Bertz CT molecular complexity index is 862. The molecule has 2 aromatic carbocycles. The zero-order chi connectivity index (χ0) is 16.2. The van der Waals surface area contributed by atoms with Gasteiger partial charge >= 0.3 is 0 Å². The molecule has 0 saturated carbocycles. The van der Waals surface area contributed by atoms with E-state index in [1.54, 1.807) is 31.4 Å². The second-order valence-corrected chi connectivity index (χ2v) is 5.69. The molecule has 116 valence electrons. The summed E-state index contributed by atoms with van der Waals surface area (Å²) in [7, 11) is 1.56. The Morgan fingerprint density at radius 1 is 1.09 bits per heavy atom. The smallest absolute Gasteiger partial charge is 0.275 e. The summed E-state index contributed by atoms with van der Waals surface area (Å²) < 4.78 is 5.19. The van der Waals surface area contributed by atoms with Gasteiger partial charge in [0.1, 0.15) is 5.75 Å². The zero-order valence-corrected chi connectivity index (χ0v) is 12.7. The van der Waals surface area contributed by atoms with Crippen LogP contribution >= 0.6 is 0 Å². The highest BCUT2D eigenvalue weighted by Gasteiger charge is 2.51. The predicted molar refractivity (Wildman–Crippen MR) is 85.6 cm³/mol. The average molecular weight is 309 g/mol. The van der Waals surface area contributed by atoms with Crippen LogP contribution in [0.4, 0.5) is 11.4 Å². The number of carbonyl (C=O) groups excluding carboxylic acids is 2. The maximum Gasteiger partial charge on any atom is 0.275 e. The summed E-state index contributed by atoms with van der Waals surface area (Å²) in [6, 6.07) is 10.7. The number of hydrogen-bond acceptors (Lipinski definition) is 4. The fourth-order valence-corrected chi connectivity index (χ4v) is 3.15. The van der Waals surface area contributed by atoms with E-state index in [0.717, 1.165) is 5.56 Å². The molecule has 3 N–H and O–H groups in total. The van der Waals surface area contributed by atoms with Crippen molar-refractivity contribution < 1.29 is 14.3 Å². The fraction of sp³-hybridized carbons (Fsp3) is 0.176. The summed E-state index contributed by atoms with van der Waals surface area (Å²) in [4.78, 5) is 25.2. The molecule has 1 spiro atoms. The molecule has 2 aliphatic heterocycles. The lowest BCUT2D eigenvalue weighted by Gasteiger charge is -2.36. The minimum absolute atomic E-state index is 0.277. The Morgan fingerprint density at radius 2 is 1.91 bits per heavy atom. The maximum absolute atomic E-state index is 12.6. The molecule has 2 heterocycles. The van der Waals surface area contributed by atoms with E-state index >= 15 is 0 Å². The van der Waals surface area contributed by atoms with Gasteiger partial charge in [-0.2, -0.15) is 0 Å². The van der Waals surface area contributed by atoms with Gasteiger partial charge in [0.05, 0.1) is 24.0 Å². The second-order valence-electron chi connectivity index (χ2n) is 5.69. The highest BCUT2D eigenvalue weighted by atomic mass is 16.5. The minimum Gasteiger partial charge on any atom is -0.497 e. The molecule has 23 heavy (non-hydrogen) atoms. The number of benzene rings is 2. The first-order chi connectivity index (χ1) is 11.0. The van der Waals surface area contributed by atoms with E-state index < -0.39 is 5.66 Å². The zero-order valence-electron chi connectivity index (χ0n) is 12.7. The normalized spacial score (nSPS) is 21.1. The number of fused-ring (bicyclic) bond motifs is 3. The van der Waals surface area contributed by atoms with Crippen LogP contribution in [-0.4, -0.2) is 18.9 Å². The van der Waals surface area contributed by atoms with Crippen molar-refractivity contribution >= 4 is 23.2 Å². The van der Waals surface area contributed by atoms with Gasteiger partial charge in [-0.1, -0.05) is 12.1 Å². The molecule has 4 rings (SSSR count). The van der Waals surface area contributed by atoms with Crippen molar-refractivity contribution in [2.75, 3.05) is 17.7 Å². The van der Waals surface area contributed by atoms with Gasteiger partial charge < -0.3 is 20.7 Å². The lowest BCUT2D eigenvalue weighted by molar-refractivity contribution is -0.120. The Balaban J connectivity index is 1.89. The predicted octanol–water partition coefficient (Wildman–Crippen LogP) is 1.96. The number of anilines is 2. The molecule has 2 amide bonds. The van der Waals surface area contributed by atoms with E-state index in [4.69, 9.17) is 4.74 Å². The van der Waals surface area contributed by atoms with Gasteiger partial charge in [-0.3, -0.25) is 9.59 Å². The molecule has 6 heteroatoms. The van der Waals surface area contributed by atoms with Crippen molar-refractivity contribution in [3.8, 4) is 5.75 Å². The third kappa shape index (κ3) is 1.75. The molecule has 0 aromatic heterocycles. The number of hydrogen-bond donors (Lipinski definition) is 3. The SMILES string of the molecule is COc1ccc2c(c1)NC(=O)[C@@]21NC(=O)c2cccc(C)c2N1. The van der Waals surface area contributed by atoms with Crippen molar-refractivity contribution in [3.63, 3.8) is 0 Å². The number of methoxy groups -OCH3 is 1. The minimum atomic E-state index is -1.29. The van der Waals surface area contributed by atoms with Gasteiger partial charge in [0.25, 0.3) is 11.8 Å². The topological polar surface area (TPSA) is 79.5 Å². The maximum atomic E-state index is 12.6. The van der Waals surface area contributed by atoms with Crippen LogP contribution in [0, 0.1) is 6.92 Å². The third-order valence-corrected chi connectivity index (χ3v) is 4.35. The molecular weight excluding hydrogens is 294 g/mol. The third-order valence-electron chi connectivity index (χ3n) is 4.35. The van der Waals surface area contributed by atoms with Crippen LogP contribution < -0.4 is 20.7 Å². The fourth-order valence-electron chi connectivity index (χ4n) is 3.15. The lowest BCUT2D eigenvalue weighted by Crippen LogP contribution is -2.59. The molecule has 0 saturated heterocycles. The standard InChI is InChI=1S/C17H15N3O3/c1-9-4-3-5-11-14(9)19-17(20-15(11)21)12-7-6-10(23-2)8-13(12)18-16(17)22/h3-8,19H,1-2H3,(H,18,22)(H,20,21)/t17-/m0/s1. The molecular formula is C17H15N3O3. The summed E-state index contributed by atoms with van der Waals surface area (Å²) in [5.41, 5.74) is 2.12. The molecule has 0 radical (unpaired) electrons. The number of carbonyl (C=O) groups is 2. The summed E-state index contributed by atoms with van der Waals surface area (Å²) in [5.74, 6) is 0.0455. The van der Waals surface area contributed by atoms with Crippen LogP contribution in [0.3, 0.4) is 0 Å². The van der Waals surface area contributed by atoms with Gasteiger partial charge in [-0.25, -0.2) is 0 Å². The van der Waals surface area contributed by atoms with Crippen LogP contribution in [0.5, 0.6) is 5.75 Å². The van der Waals surface area contributed by atoms with Crippen molar-refractivity contribution in [2.24, 2.45) is 0 Å². The van der Waals surface area contributed by atoms with Crippen molar-refractivity contribution in [1.29, 1.82) is 0 Å². The molecule has 2 aliphatic rings.